The van der Waals surface area contributed by atoms with Crippen molar-refractivity contribution in [3.05, 3.63) is 75.4 Å². The van der Waals surface area contributed by atoms with Crippen molar-refractivity contribution < 1.29 is 34.7 Å². The normalized spacial score (nSPS) is 21.1. The molecule has 0 saturated heterocycles. The molecule has 4 N–H and O–H groups in total. The molecular weight excluding hydrogens is 472 g/mol. The number of allylic oxidation sites excluding steroid dienone is 5. The van der Waals surface area contributed by atoms with Crippen molar-refractivity contribution in [2.24, 2.45) is 0 Å². The Hall–Kier alpha value is -3.71. The predicted octanol–water partition coefficient (Wildman–Crippen LogP) is 5.73. The summed E-state index contributed by atoms with van der Waals surface area (Å²) in [5.74, 6) is -4.02. The monoisotopic (exact) mass is 506 g/mol. The predicted molar refractivity (Wildman–Crippen MR) is 140 cm³/mol. The average molecular weight is 507 g/mol. The Balaban J connectivity index is 1.97. The van der Waals surface area contributed by atoms with Crippen molar-refractivity contribution in [2.75, 3.05) is 0 Å². The number of phenols is 3. The van der Waals surface area contributed by atoms with E-state index < -0.39 is 22.9 Å². The van der Waals surface area contributed by atoms with Gasteiger partial charge in [-0.05, 0) is 66.5 Å². The van der Waals surface area contributed by atoms with Crippen LogP contribution in [0.15, 0.2) is 53.1 Å². The number of Topliss-reactive ketones (excluding diaryl/α,β-unsaturated/α-hetero) is 1. The molecule has 0 aromatic heterocycles. The number of benzene rings is 2. The third-order valence-electron chi connectivity index (χ3n) is 6.86. The number of aromatic hydroxyl groups is 3. The van der Waals surface area contributed by atoms with Crippen LogP contribution in [0.2, 0.25) is 0 Å². The summed E-state index contributed by atoms with van der Waals surface area (Å²) >= 11 is 0. The Labute approximate surface area is 217 Å². The average Bonchev–Trinajstić information content (AvgIpc) is 3.05. The van der Waals surface area contributed by atoms with Crippen LogP contribution in [0.25, 0.3) is 0 Å². The second-order valence-corrected chi connectivity index (χ2v) is 10.5. The fourth-order valence-electron chi connectivity index (χ4n) is 4.80. The Morgan fingerprint density at radius 1 is 0.838 bits per heavy atom. The molecule has 2 aromatic rings. The van der Waals surface area contributed by atoms with E-state index in [4.69, 9.17) is 9.47 Å². The van der Waals surface area contributed by atoms with Gasteiger partial charge in [0.05, 0.1) is 0 Å². The summed E-state index contributed by atoms with van der Waals surface area (Å²) in [4.78, 5) is 14.0. The maximum absolute atomic E-state index is 14.0. The first kappa shape index (κ1) is 26.4. The maximum Gasteiger partial charge on any atom is 0.318 e. The molecule has 0 bridgehead atoms. The maximum atomic E-state index is 14.0. The van der Waals surface area contributed by atoms with Crippen molar-refractivity contribution in [1.29, 1.82) is 0 Å². The number of hydrogen-bond acceptors (Lipinski definition) is 7. The molecule has 7 heteroatoms. The summed E-state index contributed by atoms with van der Waals surface area (Å²) in [6, 6.07) is 4.37. The second kappa shape index (κ2) is 9.30. The van der Waals surface area contributed by atoms with E-state index in [0.29, 0.717) is 17.5 Å². The lowest BCUT2D eigenvalue weighted by atomic mass is 9.76. The summed E-state index contributed by atoms with van der Waals surface area (Å²) in [7, 11) is 0. The van der Waals surface area contributed by atoms with Crippen molar-refractivity contribution in [2.45, 2.75) is 72.2 Å². The number of ketones is 1. The fourth-order valence-corrected chi connectivity index (χ4v) is 4.80. The SMILES string of the molecule is CC(C)=CCc1c(O)cc2c(c1O)C(=O)[C@]1(O)Oc3c(ccc(O)c3CC=C(C)C)[C@@]1(CC=C(C)C)O2. The molecule has 196 valence electrons. The van der Waals surface area contributed by atoms with Gasteiger partial charge in [-0.25, -0.2) is 0 Å². The summed E-state index contributed by atoms with van der Waals surface area (Å²) in [6.07, 6.45) is 6.11. The molecule has 2 aliphatic rings. The zero-order chi connectivity index (χ0) is 27.3. The highest BCUT2D eigenvalue weighted by molar-refractivity contribution is 6.09. The van der Waals surface area contributed by atoms with Gasteiger partial charge in [0.15, 0.2) is 0 Å². The molecule has 2 aromatic carbocycles. The van der Waals surface area contributed by atoms with E-state index in [1.165, 1.54) is 12.1 Å². The summed E-state index contributed by atoms with van der Waals surface area (Å²) in [5, 5.41) is 44.5. The molecule has 0 saturated carbocycles. The molecule has 2 heterocycles. The second-order valence-electron chi connectivity index (χ2n) is 10.5. The molecule has 0 spiro atoms. The van der Waals surface area contributed by atoms with Crippen LogP contribution in [0, 0.1) is 0 Å². The van der Waals surface area contributed by atoms with Crippen molar-refractivity contribution in [1.82, 2.24) is 0 Å². The number of ether oxygens (including phenoxy) is 2. The standard InChI is InChI=1S/C30H34O7/c1-16(2)7-9-19-23(32)15-24-25(26(19)33)28(34)30(35)29(36-24,14-13-18(5)6)21-11-12-22(31)20(27(21)37-30)10-8-17(3)4/h7-8,11-13,15,31-33,35H,9-10,14H2,1-6H3/t29-,30+/m1/s1. The molecule has 0 unspecified atom stereocenters. The Bertz CT molecular complexity index is 1370. The molecule has 0 amide bonds. The van der Waals surface area contributed by atoms with Gasteiger partial charge in [-0.3, -0.25) is 4.79 Å². The molecule has 37 heavy (non-hydrogen) atoms. The Morgan fingerprint density at radius 2 is 1.43 bits per heavy atom. The van der Waals surface area contributed by atoms with E-state index in [9.17, 15) is 25.2 Å². The lowest BCUT2D eigenvalue weighted by molar-refractivity contribution is -0.201. The highest BCUT2D eigenvalue weighted by atomic mass is 16.7. The van der Waals surface area contributed by atoms with Crippen molar-refractivity contribution in [3.8, 4) is 28.7 Å². The molecule has 2 atom stereocenters. The van der Waals surface area contributed by atoms with Crippen LogP contribution in [0.4, 0.5) is 0 Å². The molecule has 0 aliphatic carbocycles. The van der Waals surface area contributed by atoms with Gasteiger partial charge in [0.2, 0.25) is 11.4 Å². The summed E-state index contributed by atoms with van der Waals surface area (Å²) in [5.41, 5.74) is 1.91. The van der Waals surface area contributed by atoms with E-state index in [-0.39, 0.29) is 47.0 Å². The number of phenolic OH excluding ortho intramolecular Hbond substituents is 3. The van der Waals surface area contributed by atoms with Crippen LogP contribution in [0.5, 0.6) is 28.7 Å². The lowest BCUT2D eigenvalue weighted by Crippen LogP contribution is -2.62. The van der Waals surface area contributed by atoms with Crippen LogP contribution >= 0.6 is 0 Å². The number of carbonyl (C=O) groups excluding carboxylic acids is 1. The van der Waals surface area contributed by atoms with Crippen molar-refractivity contribution >= 4 is 5.78 Å². The molecule has 0 radical (unpaired) electrons. The molecule has 2 aliphatic heterocycles. The van der Waals surface area contributed by atoms with Crippen LogP contribution < -0.4 is 9.47 Å². The largest absolute Gasteiger partial charge is 0.508 e. The van der Waals surface area contributed by atoms with Gasteiger partial charge in [-0.15, -0.1) is 0 Å². The van der Waals surface area contributed by atoms with Gasteiger partial charge in [0.25, 0.3) is 0 Å². The fraction of sp³-hybridized carbons (Fsp3) is 0.367. The Kier molecular flexibility index (Phi) is 6.63. The van der Waals surface area contributed by atoms with Gasteiger partial charge in [0, 0.05) is 29.2 Å². The summed E-state index contributed by atoms with van der Waals surface area (Å²) < 4.78 is 12.4. The highest BCUT2D eigenvalue weighted by Gasteiger charge is 2.70. The van der Waals surface area contributed by atoms with Crippen LogP contribution in [-0.4, -0.2) is 32.0 Å². The Morgan fingerprint density at radius 3 is 2.03 bits per heavy atom. The van der Waals surface area contributed by atoms with Gasteiger partial charge < -0.3 is 29.9 Å². The van der Waals surface area contributed by atoms with Gasteiger partial charge in [-0.1, -0.05) is 34.9 Å². The van der Waals surface area contributed by atoms with Gasteiger partial charge >= 0.3 is 5.79 Å². The smallest absolute Gasteiger partial charge is 0.318 e. The lowest BCUT2D eigenvalue weighted by Gasteiger charge is -2.43. The third kappa shape index (κ3) is 4.17. The zero-order valence-electron chi connectivity index (χ0n) is 22.1. The minimum absolute atomic E-state index is 0.0367. The quantitative estimate of drug-likeness (QED) is 0.370. The topological polar surface area (TPSA) is 116 Å². The first-order valence-corrected chi connectivity index (χ1v) is 12.3. The first-order chi connectivity index (χ1) is 17.3. The number of carbonyl (C=O) groups is 1. The van der Waals surface area contributed by atoms with E-state index in [2.05, 4.69) is 0 Å². The number of fused-ring (bicyclic) bond motifs is 4. The van der Waals surface area contributed by atoms with Gasteiger partial charge in [0.1, 0.15) is 34.3 Å². The number of rotatable bonds is 6. The van der Waals surface area contributed by atoms with Crippen molar-refractivity contribution in [3.63, 3.8) is 0 Å². The number of hydrogen-bond donors (Lipinski definition) is 4. The number of aliphatic hydroxyl groups is 1. The zero-order valence-corrected chi connectivity index (χ0v) is 22.1. The first-order valence-electron chi connectivity index (χ1n) is 12.3. The van der Waals surface area contributed by atoms with Crippen LogP contribution in [0.3, 0.4) is 0 Å². The van der Waals surface area contributed by atoms with E-state index >= 15 is 0 Å². The molecule has 0 fully saturated rings. The van der Waals surface area contributed by atoms with E-state index in [0.717, 1.165) is 16.7 Å². The van der Waals surface area contributed by atoms with E-state index in [1.54, 1.807) is 6.07 Å². The minimum atomic E-state index is -2.52. The van der Waals surface area contributed by atoms with Crippen LogP contribution in [-0.2, 0) is 18.4 Å². The third-order valence-corrected chi connectivity index (χ3v) is 6.86. The van der Waals surface area contributed by atoms with Gasteiger partial charge in [-0.2, -0.15) is 0 Å². The minimum Gasteiger partial charge on any atom is -0.508 e. The summed E-state index contributed by atoms with van der Waals surface area (Å²) in [6.45, 7) is 11.4. The highest BCUT2D eigenvalue weighted by Crippen LogP contribution is 2.59. The molecular formula is C30H34O7. The van der Waals surface area contributed by atoms with E-state index in [1.807, 2.05) is 59.8 Å². The molecule has 7 nitrogen and oxygen atoms in total. The van der Waals surface area contributed by atoms with Crippen LogP contribution in [0.1, 0.15) is 75.0 Å². The molecule has 4 rings (SSSR count).